The van der Waals surface area contributed by atoms with Gasteiger partial charge in [-0.3, -0.25) is 9.88 Å². The van der Waals surface area contributed by atoms with Gasteiger partial charge in [0.2, 0.25) is 0 Å². The van der Waals surface area contributed by atoms with E-state index in [-0.39, 0.29) is 6.04 Å². The van der Waals surface area contributed by atoms with Gasteiger partial charge in [-0.15, -0.1) is 5.10 Å². The van der Waals surface area contributed by atoms with Crippen LogP contribution in [0.3, 0.4) is 0 Å². The summed E-state index contributed by atoms with van der Waals surface area (Å²) in [6.07, 6.45) is 5.66. The number of piperazine rings is 1. The van der Waals surface area contributed by atoms with E-state index in [0.717, 1.165) is 37.6 Å². The van der Waals surface area contributed by atoms with Crippen molar-refractivity contribution in [2.45, 2.75) is 12.6 Å². The van der Waals surface area contributed by atoms with Crippen LogP contribution < -0.4 is 5.32 Å². The van der Waals surface area contributed by atoms with Crippen molar-refractivity contribution < 1.29 is 0 Å². The molecule has 1 aliphatic heterocycles. The third-order valence-corrected chi connectivity index (χ3v) is 5.24. The second-order valence-electron chi connectivity index (χ2n) is 6.23. The van der Waals surface area contributed by atoms with Gasteiger partial charge in [0.1, 0.15) is 0 Å². The topological polar surface area (TPSA) is 58.9 Å². The Hall–Kier alpha value is -1.99. The van der Waals surface area contributed by atoms with Gasteiger partial charge in [0, 0.05) is 44.6 Å². The highest BCUT2D eigenvalue weighted by Crippen LogP contribution is 2.25. The van der Waals surface area contributed by atoms with E-state index in [1.165, 1.54) is 5.56 Å². The molecule has 1 atom stereocenters. The minimum absolute atomic E-state index is 0.271. The van der Waals surface area contributed by atoms with Gasteiger partial charge in [0.15, 0.2) is 0 Å². The highest BCUT2D eigenvalue weighted by molar-refractivity contribution is 6.42. The summed E-state index contributed by atoms with van der Waals surface area (Å²) in [6, 6.07) is 9.77. The molecule has 1 saturated heterocycles. The number of hydrogen-bond donors (Lipinski definition) is 1. The zero-order valence-electron chi connectivity index (χ0n) is 14.0. The number of rotatable bonds is 4. The molecular weight excluding hydrogens is 371 g/mol. The Morgan fingerprint density at radius 1 is 1.19 bits per heavy atom. The van der Waals surface area contributed by atoms with E-state index in [0.29, 0.717) is 10.0 Å². The van der Waals surface area contributed by atoms with Crippen LogP contribution in [0.5, 0.6) is 0 Å². The fourth-order valence-corrected chi connectivity index (χ4v) is 3.46. The molecule has 0 saturated carbocycles. The molecule has 134 valence electrons. The van der Waals surface area contributed by atoms with E-state index < -0.39 is 0 Å². The molecule has 1 N–H and O–H groups in total. The van der Waals surface area contributed by atoms with E-state index in [4.69, 9.17) is 23.2 Å². The van der Waals surface area contributed by atoms with Crippen LogP contribution in [0.2, 0.25) is 10.0 Å². The maximum Gasteiger partial charge on any atom is 0.0972 e. The van der Waals surface area contributed by atoms with Crippen molar-refractivity contribution >= 4 is 23.2 Å². The largest absolute Gasteiger partial charge is 0.314 e. The Morgan fingerprint density at radius 2 is 2.12 bits per heavy atom. The van der Waals surface area contributed by atoms with Crippen LogP contribution in [-0.2, 0) is 6.54 Å². The van der Waals surface area contributed by atoms with E-state index in [2.05, 4.69) is 31.6 Å². The fraction of sp³-hybridized carbons (Fsp3) is 0.278. The molecule has 0 spiro atoms. The van der Waals surface area contributed by atoms with Gasteiger partial charge in [-0.25, -0.2) is 4.68 Å². The predicted molar refractivity (Wildman–Crippen MR) is 102 cm³/mol. The molecule has 0 bridgehead atoms. The van der Waals surface area contributed by atoms with Gasteiger partial charge in [-0.1, -0.05) is 34.5 Å². The standard InChI is InChI=1S/C18H18Cl2N6/c19-16-4-3-15(8-17(16)20)26-12-14(23-24-26)11-25-7-6-22-10-18(25)13-2-1-5-21-9-13/h1-5,8-9,12,18,22H,6-7,10-11H2. The van der Waals surface area contributed by atoms with Crippen molar-refractivity contribution in [3.05, 3.63) is 70.2 Å². The zero-order valence-corrected chi connectivity index (χ0v) is 15.5. The minimum atomic E-state index is 0.271. The van der Waals surface area contributed by atoms with Crippen molar-refractivity contribution in [2.75, 3.05) is 19.6 Å². The maximum atomic E-state index is 6.10. The first kappa shape index (κ1) is 17.4. The van der Waals surface area contributed by atoms with Crippen molar-refractivity contribution in [3.63, 3.8) is 0 Å². The smallest absolute Gasteiger partial charge is 0.0972 e. The van der Waals surface area contributed by atoms with Crippen LogP contribution >= 0.6 is 23.2 Å². The monoisotopic (exact) mass is 388 g/mol. The van der Waals surface area contributed by atoms with Gasteiger partial charge in [-0.2, -0.15) is 0 Å². The van der Waals surface area contributed by atoms with Crippen molar-refractivity contribution in [2.24, 2.45) is 0 Å². The van der Waals surface area contributed by atoms with E-state index in [1.807, 2.05) is 24.5 Å². The Labute approximate surface area is 161 Å². The lowest BCUT2D eigenvalue weighted by molar-refractivity contribution is 0.151. The Balaban J connectivity index is 1.53. The average Bonchev–Trinajstić information content (AvgIpc) is 3.14. The predicted octanol–water partition coefficient (Wildman–Crippen LogP) is 3.12. The van der Waals surface area contributed by atoms with Gasteiger partial charge >= 0.3 is 0 Å². The molecule has 0 aliphatic carbocycles. The van der Waals surface area contributed by atoms with E-state index in [1.54, 1.807) is 23.0 Å². The highest BCUT2D eigenvalue weighted by atomic mass is 35.5. The summed E-state index contributed by atoms with van der Waals surface area (Å²) in [7, 11) is 0. The Bertz CT molecular complexity index is 882. The SMILES string of the molecule is Clc1ccc(-n2cc(CN3CCNCC3c3cccnc3)nn2)cc1Cl. The molecule has 8 heteroatoms. The second kappa shape index (κ2) is 7.72. The molecule has 1 fully saturated rings. The molecule has 26 heavy (non-hydrogen) atoms. The zero-order chi connectivity index (χ0) is 17.9. The van der Waals surface area contributed by atoms with Crippen molar-refractivity contribution in [3.8, 4) is 5.69 Å². The van der Waals surface area contributed by atoms with Gasteiger partial charge in [0.25, 0.3) is 0 Å². The lowest BCUT2D eigenvalue weighted by Crippen LogP contribution is -2.45. The molecule has 3 aromatic rings. The van der Waals surface area contributed by atoms with Crippen LogP contribution in [0.25, 0.3) is 5.69 Å². The molecule has 4 rings (SSSR count). The third-order valence-electron chi connectivity index (χ3n) is 4.50. The first-order chi connectivity index (χ1) is 12.7. The Morgan fingerprint density at radius 3 is 2.92 bits per heavy atom. The molecule has 1 aromatic carbocycles. The summed E-state index contributed by atoms with van der Waals surface area (Å²) in [6.45, 7) is 3.52. The van der Waals surface area contributed by atoms with Crippen LogP contribution in [0.4, 0.5) is 0 Å². The summed E-state index contributed by atoms with van der Waals surface area (Å²) in [4.78, 5) is 6.65. The Kier molecular flexibility index (Phi) is 5.17. The molecule has 0 amide bonds. The summed E-state index contributed by atoms with van der Waals surface area (Å²) >= 11 is 12.1. The number of aromatic nitrogens is 4. The third kappa shape index (κ3) is 3.73. The number of nitrogens with one attached hydrogen (secondary N) is 1. The fourth-order valence-electron chi connectivity index (χ4n) is 3.17. The van der Waals surface area contributed by atoms with Gasteiger partial charge in [0.05, 0.1) is 27.6 Å². The quantitative estimate of drug-likeness (QED) is 0.743. The first-order valence-electron chi connectivity index (χ1n) is 8.42. The number of hydrogen-bond acceptors (Lipinski definition) is 5. The van der Waals surface area contributed by atoms with Crippen LogP contribution in [0, 0.1) is 0 Å². The number of benzene rings is 1. The summed E-state index contributed by atoms with van der Waals surface area (Å²) in [5.74, 6) is 0. The summed E-state index contributed by atoms with van der Waals surface area (Å²) < 4.78 is 1.72. The normalized spacial score (nSPS) is 18.2. The van der Waals surface area contributed by atoms with Crippen molar-refractivity contribution in [1.82, 2.24) is 30.2 Å². The molecule has 3 heterocycles. The van der Waals surface area contributed by atoms with Crippen LogP contribution in [0.1, 0.15) is 17.3 Å². The van der Waals surface area contributed by atoms with Crippen LogP contribution in [0.15, 0.2) is 48.9 Å². The second-order valence-corrected chi connectivity index (χ2v) is 7.04. The molecule has 0 radical (unpaired) electrons. The molecule has 1 aliphatic rings. The number of nitrogens with zero attached hydrogens (tertiary/aromatic N) is 5. The summed E-state index contributed by atoms with van der Waals surface area (Å²) in [5.41, 5.74) is 2.95. The van der Waals surface area contributed by atoms with Crippen molar-refractivity contribution in [1.29, 1.82) is 0 Å². The average molecular weight is 389 g/mol. The lowest BCUT2D eigenvalue weighted by atomic mass is 10.1. The van der Waals surface area contributed by atoms with Gasteiger partial charge in [-0.05, 0) is 29.8 Å². The molecule has 2 aromatic heterocycles. The lowest BCUT2D eigenvalue weighted by Gasteiger charge is -2.35. The first-order valence-corrected chi connectivity index (χ1v) is 9.17. The van der Waals surface area contributed by atoms with E-state index in [9.17, 15) is 0 Å². The van der Waals surface area contributed by atoms with Crippen LogP contribution in [-0.4, -0.2) is 44.5 Å². The molecule has 1 unspecified atom stereocenters. The highest BCUT2D eigenvalue weighted by Gasteiger charge is 2.24. The number of pyridine rings is 1. The summed E-state index contributed by atoms with van der Waals surface area (Å²) in [5, 5.41) is 13.0. The maximum absolute atomic E-state index is 6.10. The van der Waals surface area contributed by atoms with Gasteiger partial charge < -0.3 is 5.32 Å². The molecular formula is C18H18Cl2N6. The molecule has 6 nitrogen and oxygen atoms in total. The van der Waals surface area contributed by atoms with E-state index >= 15 is 0 Å². The minimum Gasteiger partial charge on any atom is -0.314 e. The number of halogens is 2.